The van der Waals surface area contributed by atoms with Crippen molar-refractivity contribution in [1.82, 2.24) is 10.6 Å². The molecule has 1 atom stereocenters. The zero-order chi connectivity index (χ0) is 14.0. The van der Waals surface area contributed by atoms with Gasteiger partial charge in [-0.2, -0.15) is 0 Å². The van der Waals surface area contributed by atoms with Gasteiger partial charge in [0.15, 0.2) is 0 Å². The SMILES string of the molecule is Cc1cccc(C(=O)NC(C)C(=O)NC2CC2)c1Br. The third-order valence-electron chi connectivity index (χ3n) is 3.10. The molecule has 1 aliphatic rings. The predicted molar refractivity (Wildman–Crippen MR) is 77.0 cm³/mol. The molecule has 0 aromatic heterocycles. The van der Waals surface area contributed by atoms with Crippen LogP contribution in [0.1, 0.15) is 35.7 Å². The minimum absolute atomic E-state index is 0.125. The Balaban J connectivity index is 1.99. The minimum atomic E-state index is -0.527. The summed E-state index contributed by atoms with van der Waals surface area (Å²) in [4.78, 5) is 23.9. The number of amides is 2. The zero-order valence-electron chi connectivity index (χ0n) is 11.0. The van der Waals surface area contributed by atoms with Crippen LogP contribution >= 0.6 is 15.9 Å². The van der Waals surface area contributed by atoms with Gasteiger partial charge < -0.3 is 10.6 Å². The summed E-state index contributed by atoms with van der Waals surface area (Å²) in [5, 5.41) is 5.59. The molecule has 2 rings (SSSR count). The molecule has 1 saturated carbocycles. The number of nitrogens with one attached hydrogen (secondary N) is 2. The van der Waals surface area contributed by atoms with Crippen molar-refractivity contribution < 1.29 is 9.59 Å². The molecule has 1 fully saturated rings. The predicted octanol–water partition coefficient (Wildman–Crippen LogP) is 2.15. The fraction of sp³-hybridized carbons (Fsp3) is 0.429. The fourth-order valence-electron chi connectivity index (χ4n) is 1.72. The molecule has 1 unspecified atom stereocenters. The van der Waals surface area contributed by atoms with Crippen molar-refractivity contribution in [1.29, 1.82) is 0 Å². The molecular formula is C14H17BrN2O2. The molecule has 1 aromatic rings. The summed E-state index contributed by atoms with van der Waals surface area (Å²) < 4.78 is 0.766. The highest BCUT2D eigenvalue weighted by Gasteiger charge is 2.26. The number of hydrogen-bond donors (Lipinski definition) is 2. The third-order valence-corrected chi connectivity index (χ3v) is 4.15. The van der Waals surface area contributed by atoms with Gasteiger partial charge in [-0.3, -0.25) is 9.59 Å². The summed E-state index contributed by atoms with van der Waals surface area (Å²) in [5.41, 5.74) is 1.54. The highest BCUT2D eigenvalue weighted by atomic mass is 79.9. The average Bonchev–Trinajstić information content (AvgIpc) is 3.16. The lowest BCUT2D eigenvalue weighted by Crippen LogP contribution is -2.45. The van der Waals surface area contributed by atoms with E-state index < -0.39 is 6.04 Å². The lowest BCUT2D eigenvalue weighted by molar-refractivity contribution is -0.122. The number of aryl methyl sites for hydroxylation is 1. The Morgan fingerprint density at radius 1 is 1.37 bits per heavy atom. The van der Waals surface area contributed by atoms with Crippen LogP contribution in [0.3, 0.4) is 0 Å². The monoisotopic (exact) mass is 324 g/mol. The normalized spacial score (nSPS) is 15.7. The van der Waals surface area contributed by atoms with Crippen molar-refractivity contribution in [3.63, 3.8) is 0 Å². The Labute approximate surface area is 121 Å². The van der Waals surface area contributed by atoms with E-state index in [-0.39, 0.29) is 11.8 Å². The van der Waals surface area contributed by atoms with Crippen molar-refractivity contribution in [2.75, 3.05) is 0 Å². The summed E-state index contributed by atoms with van der Waals surface area (Å²) in [6, 6.07) is 5.25. The summed E-state index contributed by atoms with van der Waals surface area (Å²) in [5.74, 6) is -0.367. The summed E-state index contributed by atoms with van der Waals surface area (Å²) in [6.07, 6.45) is 2.08. The number of benzene rings is 1. The molecule has 1 aliphatic carbocycles. The fourth-order valence-corrected chi connectivity index (χ4v) is 2.16. The van der Waals surface area contributed by atoms with E-state index in [1.54, 1.807) is 13.0 Å². The van der Waals surface area contributed by atoms with Gasteiger partial charge in [0.25, 0.3) is 5.91 Å². The van der Waals surface area contributed by atoms with Gasteiger partial charge in [0, 0.05) is 10.5 Å². The molecule has 19 heavy (non-hydrogen) atoms. The van der Waals surface area contributed by atoms with Crippen LogP contribution in [0.2, 0.25) is 0 Å². The lowest BCUT2D eigenvalue weighted by Gasteiger charge is -2.15. The number of carbonyl (C=O) groups is 2. The zero-order valence-corrected chi connectivity index (χ0v) is 12.6. The van der Waals surface area contributed by atoms with E-state index in [1.165, 1.54) is 0 Å². The van der Waals surface area contributed by atoms with Gasteiger partial charge >= 0.3 is 0 Å². The lowest BCUT2D eigenvalue weighted by atomic mass is 10.1. The Hall–Kier alpha value is -1.36. The maximum atomic E-state index is 12.1. The summed E-state index contributed by atoms with van der Waals surface area (Å²) in [6.45, 7) is 3.61. The van der Waals surface area contributed by atoms with Gasteiger partial charge in [-0.05, 0) is 54.2 Å². The second-order valence-corrected chi connectivity index (χ2v) is 5.71. The third kappa shape index (κ3) is 3.56. The van der Waals surface area contributed by atoms with Gasteiger partial charge in [0.2, 0.25) is 5.91 Å². The van der Waals surface area contributed by atoms with E-state index in [0.29, 0.717) is 11.6 Å². The van der Waals surface area contributed by atoms with Crippen LogP contribution in [0.15, 0.2) is 22.7 Å². The highest BCUT2D eigenvalue weighted by molar-refractivity contribution is 9.10. The molecule has 0 heterocycles. The molecule has 0 saturated heterocycles. The minimum Gasteiger partial charge on any atom is -0.352 e. The van der Waals surface area contributed by atoms with Crippen LogP contribution in [0.25, 0.3) is 0 Å². The van der Waals surface area contributed by atoms with E-state index in [4.69, 9.17) is 0 Å². The molecule has 2 amide bonds. The van der Waals surface area contributed by atoms with E-state index in [1.807, 2.05) is 19.1 Å². The second-order valence-electron chi connectivity index (χ2n) is 4.91. The number of carbonyl (C=O) groups excluding carboxylic acids is 2. The molecule has 2 N–H and O–H groups in total. The quantitative estimate of drug-likeness (QED) is 0.891. The van der Waals surface area contributed by atoms with Crippen LogP contribution < -0.4 is 10.6 Å². The van der Waals surface area contributed by atoms with Crippen molar-refractivity contribution in [3.8, 4) is 0 Å². The molecule has 5 heteroatoms. The second kappa shape index (κ2) is 5.74. The number of rotatable bonds is 4. The molecule has 4 nitrogen and oxygen atoms in total. The maximum absolute atomic E-state index is 12.1. The Kier molecular flexibility index (Phi) is 4.24. The van der Waals surface area contributed by atoms with Crippen LogP contribution in [-0.2, 0) is 4.79 Å². The maximum Gasteiger partial charge on any atom is 0.253 e. The molecule has 0 radical (unpaired) electrons. The molecule has 1 aromatic carbocycles. The summed E-state index contributed by atoms with van der Waals surface area (Å²) >= 11 is 3.40. The highest BCUT2D eigenvalue weighted by Crippen LogP contribution is 2.21. The van der Waals surface area contributed by atoms with Gasteiger partial charge in [-0.15, -0.1) is 0 Å². The van der Waals surface area contributed by atoms with Crippen LogP contribution in [-0.4, -0.2) is 23.9 Å². The molecule has 0 spiro atoms. The first-order valence-corrected chi connectivity index (χ1v) is 7.14. The van der Waals surface area contributed by atoms with Crippen LogP contribution in [0.4, 0.5) is 0 Å². The van der Waals surface area contributed by atoms with Crippen LogP contribution in [0, 0.1) is 6.92 Å². The first-order valence-electron chi connectivity index (χ1n) is 6.35. The smallest absolute Gasteiger partial charge is 0.253 e. The van der Waals surface area contributed by atoms with Crippen molar-refractivity contribution in [3.05, 3.63) is 33.8 Å². The van der Waals surface area contributed by atoms with Crippen molar-refractivity contribution in [2.24, 2.45) is 0 Å². The van der Waals surface area contributed by atoms with E-state index >= 15 is 0 Å². The first-order chi connectivity index (χ1) is 8.99. The first kappa shape index (κ1) is 14.1. The van der Waals surface area contributed by atoms with Crippen molar-refractivity contribution in [2.45, 2.75) is 38.8 Å². The largest absolute Gasteiger partial charge is 0.352 e. The number of hydrogen-bond acceptors (Lipinski definition) is 2. The Bertz CT molecular complexity index is 512. The molecule has 0 bridgehead atoms. The Morgan fingerprint density at radius 3 is 2.68 bits per heavy atom. The van der Waals surface area contributed by atoms with E-state index in [0.717, 1.165) is 22.9 Å². The van der Waals surface area contributed by atoms with E-state index in [9.17, 15) is 9.59 Å². The van der Waals surface area contributed by atoms with Crippen LogP contribution in [0.5, 0.6) is 0 Å². The van der Waals surface area contributed by atoms with E-state index in [2.05, 4.69) is 26.6 Å². The Morgan fingerprint density at radius 2 is 2.05 bits per heavy atom. The number of halogens is 1. The standard InChI is InChI=1S/C14H17BrN2O2/c1-8-4-3-5-11(12(8)15)14(19)16-9(2)13(18)17-10-6-7-10/h3-5,9-10H,6-7H2,1-2H3,(H,16,19)(H,17,18). The molecule has 102 valence electrons. The van der Waals surface area contributed by atoms with Gasteiger partial charge in [0.1, 0.15) is 6.04 Å². The van der Waals surface area contributed by atoms with Gasteiger partial charge in [-0.1, -0.05) is 12.1 Å². The molecule has 0 aliphatic heterocycles. The van der Waals surface area contributed by atoms with Crippen molar-refractivity contribution >= 4 is 27.7 Å². The summed E-state index contributed by atoms with van der Waals surface area (Å²) in [7, 11) is 0. The topological polar surface area (TPSA) is 58.2 Å². The average molecular weight is 325 g/mol. The molecular weight excluding hydrogens is 308 g/mol. The van der Waals surface area contributed by atoms with Gasteiger partial charge in [0.05, 0.1) is 5.56 Å². The van der Waals surface area contributed by atoms with Gasteiger partial charge in [-0.25, -0.2) is 0 Å².